The third kappa shape index (κ3) is 6.95. The fraction of sp³-hybridized carbons (Fsp3) is 1.00. The van der Waals surface area contributed by atoms with Gasteiger partial charge in [0.05, 0.1) is 26.4 Å². The summed E-state index contributed by atoms with van der Waals surface area (Å²) in [5.74, 6) is 0. The maximum absolute atomic E-state index is 5.33. The zero-order valence-electron chi connectivity index (χ0n) is 8.00. The first-order chi connectivity index (χ1) is 6.50. The Hall–Kier alpha value is -0.160. The van der Waals surface area contributed by atoms with Gasteiger partial charge in [0.15, 0.2) is 0 Å². The van der Waals surface area contributed by atoms with Crippen molar-refractivity contribution < 1.29 is 18.9 Å². The summed E-state index contributed by atoms with van der Waals surface area (Å²) in [7, 11) is 0. The third-order valence-corrected chi connectivity index (χ3v) is 1.74. The fourth-order valence-corrected chi connectivity index (χ4v) is 1.02. The van der Waals surface area contributed by atoms with Crippen LogP contribution in [0.15, 0.2) is 0 Å². The van der Waals surface area contributed by atoms with E-state index in [2.05, 4.69) is 0 Å². The molecule has 0 saturated carbocycles. The van der Waals surface area contributed by atoms with Gasteiger partial charge in [-0.3, -0.25) is 0 Å². The highest BCUT2D eigenvalue weighted by molar-refractivity contribution is 4.39. The van der Waals surface area contributed by atoms with Crippen molar-refractivity contribution in [2.75, 3.05) is 46.4 Å². The van der Waals surface area contributed by atoms with Crippen molar-refractivity contribution in [1.82, 2.24) is 0 Å². The molecule has 0 amide bonds. The summed E-state index contributed by atoms with van der Waals surface area (Å²) in [5, 5.41) is 0. The van der Waals surface area contributed by atoms with Crippen molar-refractivity contribution in [1.29, 1.82) is 0 Å². The van der Waals surface area contributed by atoms with Crippen LogP contribution in [0.3, 0.4) is 0 Å². The van der Waals surface area contributed by atoms with E-state index in [-0.39, 0.29) is 0 Å². The molecule has 0 aromatic heterocycles. The quantitative estimate of drug-likeness (QED) is 0.566. The summed E-state index contributed by atoms with van der Waals surface area (Å²) in [4.78, 5) is 0. The molecule has 78 valence electrons. The van der Waals surface area contributed by atoms with Gasteiger partial charge in [0.25, 0.3) is 0 Å². The minimum Gasteiger partial charge on any atom is -0.379 e. The molecule has 13 heavy (non-hydrogen) atoms. The van der Waals surface area contributed by atoms with Crippen LogP contribution >= 0.6 is 0 Å². The molecule has 1 rings (SSSR count). The fourth-order valence-electron chi connectivity index (χ4n) is 1.02. The van der Waals surface area contributed by atoms with E-state index >= 15 is 0 Å². The molecule has 0 aromatic carbocycles. The Morgan fingerprint density at radius 3 is 1.69 bits per heavy atom. The van der Waals surface area contributed by atoms with Crippen molar-refractivity contribution >= 4 is 0 Å². The lowest BCUT2D eigenvalue weighted by molar-refractivity contribution is -0.0697. The van der Waals surface area contributed by atoms with Crippen LogP contribution in [0.5, 0.6) is 0 Å². The molecule has 1 aliphatic heterocycles. The number of rotatable bonds is 0. The van der Waals surface area contributed by atoms with Crippen LogP contribution in [-0.4, -0.2) is 46.4 Å². The first kappa shape index (κ1) is 10.9. The topological polar surface area (TPSA) is 36.9 Å². The monoisotopic (exact) mass is 190 g/mol. The van der Waals surface area contributed by atoms with Crippen molar-refractivity contribution in [3.05, 3.63) is 0 Å². The molecule has 0 aromatic rings. The normalized spacial score (nSPS) is 24.0. The highest BCUT2D eigenvalue weighted by Gasteiger charge is 1.95. The molecule has 1 saturated heterocycles. The van der Waals surface area contributed by atoms with Crippen molar-refractivity contribution in [3.8, 4) is 0 Å². The zero-order valence-corrected chi connectivity index (χ0v) is 8.00. The minimum absolute atomic E-state index is 0.379. The van der Waals surface area contributed by atoms with Crippen LogP contribution in [0.2, 0.25) is 0 Å². The van der Waals surface area contributed by atoms with Crippen LogP contribution < -0.4 is 0 Å². The van der Waals surface area contributed by atoms with Crippen molar-refractivity contribution in [3.63, 3.8) is 0 Å². The molecule has 1 heterocycles. The van der Waals surface area contributed by atoms with E-state index < -0.39 is 0 Å². The molecule has 0 N–H and O–H groups in total. The Balaban J connectivity index is 2.01. The molecule has 1 fully saturated rings. The number of ether oxygens (including phenoxy) is 4. The lowest BCUT2D eigenvalue weighted by Crippen LogP contribution is -2.10. The van der Waals surface area contributed by atoms with Crippen LogP contribution in [-0.2, 0) is 18.9 Å². The second-order valence-corrected chi connectivity index (χ2v) is 2.87. The van der Waals surface area contributed by atoms with Gasteiger partial charge in [0, 0.05) is 13.2 Å². The first-order valence-electron chi connectivity index (χ1n) is 4.81. The number of hydrogen-bond acceptors (Lipinski definition) is 4. The zero-order chi connectivity index (χ0) is 9.19. The minimum atomic E-state index is 0.379. The van der Waals surface area contributed by atoms with E-state index in [1.165, 1.54) is 0 Å². The molecule has 0 unspecified atom stereocenters. The van der Waals surface area contributed by atoms with Gasteiger partial charge < -0.3 is 18.9 Å². The lowest BCUT2D eigenvalue weighted by Gasteiger charge is -2.04. The standard InChI is InChI=1S/C9H18O4/c1-2-4-12-9-13-8-7-11-6-5-10-3-1/h1-9H2. The molecule has 0 spiro atoms. The average Bonchev–Trinajstić information content (AvgIpc) is 2.18. The molecule has 0 aliphatic carbocycles. The third-order valence-electron chi connectivity index (χ3n) is 1.74. The predicted octanol–water partition coefficient (Wildman–Crippen LogP) is 0.804. The highest BCUT2D eigenvalue weighted by atomic mass is 16.7. The SMILES string of the molecule is C1CCOCOCCOCCOC1. The average molecular weight is 190 g/mol. The second kappa shape index (κ2) is 8.44. The Morgan fingerprint density at radius 2 is 0.923 bits per heavy atom. The lowest BCUT2D eigenvalue weighted by atomic mass is 10.3. The summed E-state index contributed by atoms with van der Waals surface area (Å²) in [6.07, 6.45) is 2.07. The molecule has 4 nitrogen and oxygen atoms in total. The van der Waals surface area contributed by atoms with Gasteiger partial charge in [-0.1, -0.05) is 0 Å². The van der Waals surface area contributed by atoms with Gasteiger partial charge in [-0.25, -0.2) is 0 Å². The van der Waals surface area contributed by atoms with E-state index in [9.17, 15) is 0 Å². The molecular formula is C9H18O4. The van der Waals surface area contributed by atoms with Crippen LogP contribution in [0.25, 0.3) is 0 Å². The van der Waals surface area contributed by atoms with Crippen molar-refractivity contribution in [2.24, 2.45) is 0 Å². The summed E-state index contributed by atoms with van der Waals surface area (Å²) < 4.78 is 20.9. The van der Waals surface area contributed by atoms with E-state index in [1.807, 2.05) is 0 Å². The van der Waals surface area contributed by atoms with E-state index in [4.69, 9.17) is 18.9 Å². The second-order valence-electron chi connectivity index (χ2n) is 2.87. The van der Waals surface area contributed by atoms with E-state index in [0.29, 0.717) is 33.2 Å². The molecule has 0 radical (unpaired) electrons. The van der Waals surface area contributed by atoms with Gasteiger partial charge in [0.1, 0.15) is 6.79 Å². The van der Waals surface area contributed by atoms with Gasteiger partial charge in [-0.15, -0.1) is 0 Å². The van der Waals surface area contributed by atoms with Crippen LogP contribution in [0.4, 0.5) is 0 Å². The maximum Gasteiger partial charge on any atom is 0.146 e. The smallest absolute Gasteiger partial charge is 0.146 e. The van der Waals surface area contributed by atoms with Gasteiger partial charge in [-0.2, -0.15) is 0 Å². The van der Waals surface area contributed by atoms with Gasteiger partial charge in [-0.05, 0) is 12.8 Å². The summed E-state index contributed by atoms with van der Waals surface area (Å²) in [6.45, 7) is 4.49. The van der Waals surface area contributed by atoms with Crippen molar-refractivity contribution in [2.45, 2.75) is 12.8 Å². The predicted molar refractivity (Wildman–Crippen MR) is 47.6 cm³/mol. The Labute approximate surface area is 79.1 Å². The van der Waals surface area contributed by atoms with Gasteiger partial charge >= 0.3 is 0 Å². The summed E-state index contributed by atoms with van der Waals surface area (Å²) >= 11 is 0. The van der Waals surface area contributed by atoms with Crippen LogP contribution in [0, 0.1) is 0 Å². The largest absolute Gasteiger partial charge is 0.379 e. The Morgan fingerprint density at radius 1 is 0.462 bits per heavy atom. The first-order valence-corrected chi connectivity index (χ1v) is 4.81. The maximum atomic E-state index is 5.33. The highest BCUT2D eigenvalue weighted by Crippen LogP contribution is 1.93. The van der Waals surface area contributed by atoms with E-state index in [1.54, 1.807) is 0 Å². The summed E-state index contributed by atoms with van der Waals surface area (Å²) in [5.41, 5.74) is 0. The van der Waals surface area contributed by atoms with E-state index in [0.717, 1.165) is 26.1 Å². The molecule has 0 bridgehead atoms. The molecule has 0 atom stereocenters. The Bertz CT molecular complexity index is 59.7. The van der Waals surface area contributed by atoms with Crippen LogP contribution in [0.1, 0.15) is 12.8 Å². The number of hydrogen-bond donors (Lipinski definition) is 0. The van der Waals surface area contributed by atoms with Gasteiger partial charge in [0.2, 0.25) is 0 Å². The Kier molecular flexibility index (Phi) is 7.09. The molecule has 1 aliphatic rings. The molecular weight excluding hydrogens is 172 g/mol. The molecule has 4 heteroatoms. The summed E-state index contributed by atoms with van der Waals surface area (Å²) in [6, 6.07) is 0.